The molecule has 2 aliphatic rings. The number of imidazole rings is 2. The van der Waals surface area contributed by atoms with E-state index in [1.54, 1.807) is 13.8 Å². The fraction of sp³-hybridized carbons (Fsp3) is 0.614. The standard InChI is InChI=1S/C44H70N18O10/c1-3-24(2)36-42(71)59-29(8-4-5-13-45)43(72)62-15-7-10-32(62)41(70)60-31(17-26-19-50-23-55-26)40(69)58-28(11-12-33(46)63)37(66)52-21-35(65)57-30(16-25-18-49-22-54-25)38(67)53-20-34(64)56-27(39(68)61-36)9-6-14-51-44(47)48/h18-19,22-24,27-32,36H,3-17,20-21,45H2,1-2H3,(H2,46,63)(H,49,54)(H,50,55)(H,52,66)(H,53,67)(H,56,64)(H,57,65)(H,58,69)(H,59,71)(H,60,70)(H,61,68)(H4,47,48,51)/t24-,27-,28-,29-,30-,31-,32-,36-/m0/s1. The number of aromatic amines is 2. The zero-order valence-electron chi connectivity index (χ0n) is 40.6. The minimum absolute atomic E-state index is 0.0206. The van der Waals surface area contributed by atoms with Crippen LogP contribution in [0.3, 0.4) is 0 Å². The van der Waals surface area contributed by atoms with Crippen molar-refractivity contribution in [1.29, 1.82) is 0 Å². The molecule has 2 aliphatic heterocycles. The Bertz CT molecular complexity index is 2200. The van der Waals surface area contributed by atoms with Gasteiger partial charge >= 0.3 is 0 Å². The minimum Gasteiger partial charge on any atom is -0.370 e. The first-order chi connectivity index (χ1) is 34.4. The molecule has 72 heavy (non-hydrogen) atoms. The highest BCUT2D eigenvalue weighted by Crippen LogP contribution is 2.21. The number of nitrogens with two attached hydrogens (primary N) is 4. The molecule has 0 unspecified atom stereocenters. The summed E-state index contributed by atoms with van der Waals surface area (Å²) in [7, 11) is 0. The van der Waals surface area contributed by atoms with E-state index < -0.39 is 120 Å². The van der Waals surface area contributed by atoms with E-state index in [9.17, 15) is 47.9 Å². The van der Waals surface area contributed by atoms with Crippen LogP contribution >= 0.6 is 0 Å². The number of hydrogen-bond acceptors (Lipinski definition) is 14. The van der Waals surface area contributed by atoms with Crippen LogP contribution in [0.25, 0.3) is 0 Å². The van der Waals surface area contributed by atoms with Crippen molar-refractivity contribution in [2.45, 2.75) is 133 Å². The Morgan fingerprint density at radius 3 is 1.79 bits per heavy atom. The Morgan fingerprint density at radius 2 is 1.22 bits per heavy atom. The zero-order chi connectivity index (χ0) is 52.7. The second-order valence-electron chi connectivity index (χ2n) is 17.7. The van der Waals surface area contributed by atoms with Gasteiger partial charge in [-0.15, -0.1) is 0 Å². The predicted molar refractivity (Wildman–Crippen MR) is 258 cm³/mol. The summed E-state index contributed by atoms with van der Waals surface area (Å²) >= 11 is 0. The summed E-state index contributed by atoms with van der Waals surface area (Å²) in [5.41, 5.74) is 23.0. The highest BCUT2D eigenvalue weighted by atomic mass is 16.2. The molecule has 8 atom stereocenters. The maximum atomic E-state index is 14.5. The van der Waals surface area contributed by atoms with Crippen LogP contribution < -0.4 is 65.5 Å². The second-order valence-corrected chi connectivity index (χ2v) is 17.7. The molecule has 0 spiro atoms. The van der Waals surface area contributed by atoms with Crippen LogP contribution in [0.2, 0.25) is 0 Å². The molecule has 2 saturated heterocycles. The molecule has 18 N–H and O–H groups in total. The van der Waals surface area contributed by atoms with Crippen LogP contribution in [0.1, 0.15) is 89.4 Å². The van der Waals surface area contributed by atoms with Crippen molar-refractivity contribution in [3.63, 3.8) is 0 Å². The molecule has 0 saturated carbocycles. The molecule has 2 fully saturated rings. The topological polar surface area (TPSA) is 444 Å². The number of amides is 10. The zero-order valence-corrected chi connectivity index (χ0v) is 40.6. The van der Waals surface area contributed by atoms with Gasteiger partial charge in [-0.3, -0.25) is 52.9 Å². The smallest absolute Gasteiger partial charge is 0.245 e. The number of hydrogen-bond donors (Lipinski definition) is 14. The highest BCUT2D eigenvalue weighted by Gasteiger charge is 2.41. The first-order valence-corrected chi connectivity index (χ1v) is 24.0. The number of unbranched alkanes of at least 4 members (excludes halogenated alkanes) is 1. The third kappa shape index (κ3) is 18.3. The van der Waals surface area contributed by atoms with E-state index in [2.05, 4.69) is 67.5 Å². The van der Waals surface area contributed by atoms with E-state index in [0.29, 0.717) is 43.6 Å². The van der Waals surface area contributed by atoms with E-state index in [4.69, 9.17) is 22.9 Å². The number of carbonyl (C=O) groups excluding carboxylic acids is 10. The largest absolute Gasteiger partial charge is 0.370 e. The maximum absolute atomic E-state index is 14.5. The number of guanidine groups is 1. The van der Waals surface area contributed by atoms with Gasteiger partial charge in [-0.2, -0.15) is 0 Å². The Labute approximate surface area is 415 Å². The summed E-state index contributed by atoms with van der Waals surface area (Å²) in [6.07, 6.45) is 6.70. The van der Waals surface area contributed by atoms with Crippen molar-refractivity contribution in [3.05, 3.63) is 36.4 Å². The van der Waals surface area contributed by atoms with Gasteiger partial charge in [0.2, 0.25) is 59.1 Å². The second kappa shape index (κ2) is 28.9. The molecule has 0 bridgehead atoms. The maximum Gasteiger partial charge on any atom is 0.245 e. The molecular weight excluding hydrogens is 941 g/mol. The monoisotopic (exact) mass is 1010 g/mol. The fourth-order valence-electron chi connectivity index (χ4n) is 8.06. The average Bonchev–Trinajstić information content (AvgIpc) is 4.17. The van der Waals surface area contributed by atoms with Crippen LogP contribution in [0.5, 0.6) is 0 Å². The van der Waals surface area contributed by atoms with E-state index in [-0.39, 0.29) is 70.4 Å². The van der Waals surface area contributed by atoms with Crippen LogP contribution in [0.15, 0.2) is 30.0 Å². The normalized spacial score (nSPS) is 24.2. The lowest BCUT2D eigenvalue weighted by Crippen LogP contribution is -2.60. The number of fused-ring (bicyclic) bond motifs is 1. The van der Waals surface area contributed by atoms with Gasteiger partial charge in [0.25, 0.3) is 0 Å². The SMILES string of the molecule is CC[C@H](C)[C@@H]1NC(=O)[C@H](CCCN=C(N)N)NC(=O)CNC(=O)[C@H](Cc2cnc[nH]2)NC(=O)CNC(=O)[C@H](CCC(N)=O)NC(=O)[C@H](Cc2cnc[nH]2)NC(=O)[C@@H]2CCCN2C(=O)[C@H](CCCCN)NC1=O. The fourth-order valence-corrected chi connectivity index (χ4v) is 8.06. The molecule has 2 aromatic rings. The molecule has 396 valence electrons. The molecule has 28 nitrogen and oxygen atoms in total. The van der Waals surface area contributed by atoms with Gasteiger partial charge in [0.15, 0.2) is 5.96 Å². The van der Waals surface area contributed by atoms with Gasteiger partial charge in [-0.1, -0.05) is 20.3 Å². The summed E-state index contributed by atoms with van der Waals surface area (Å²) in [5.74, 6) is -8.62. The number of H-pyrrole nitrogens is 2. The summed E-state index contributed by atoms with van der Waals surface area (Å²) < 4.78 is 0. The van der Waals surface area contributed by atoms with Crippen molar-refractivity contribution < 1.29 is 47.9 Å². The quantitative estimate of drug-likeness (QED) is 0.0400. The molecular formula is C44H70N18O10. The number of rotatable bonds is 17. The van der Waals surface area contributed by atoms with Gasteiger partial charge in [0, 0.05) is 56.1 Å². The minimum atomic E-state index is -1.47. The summed E-state index contributed by atoms with van der Waals surface area (Å²) in [6.45, 7) is 2.61. The molecule has 28 heteroatoms. The Balaban J connectivity index is 1.74. The van der Waals surface area contributed by atoms with Gasteiger partial charge in [0.1, 0.15) is 42.3 Å². The van der Waals surface area contributed by atoms with Crippen LogP contribution in [-0.2, 0) is 60.8 Å². The average molecular weight is 1010 g/mol. The first kappa shape index (κ1) is 56.9. The number of primary amides is 1. The summed E-state index contributed by atoms with van der Waals surface area (Å²) in [5, 5.41) is 20.8. The molecule has 0 radical (unpaired) electrons. The Hall–Kier alpha value is -7.65. The molecule has 4 heterocycles. The lowest BCUT2D eigenvalue weighted by atomic mass is 9.96. The Morgan fingerprint density at radius 1 is 0.681 bits per heavy atom. The number of aromatic nitrogens is 4. The molecule has 0 aromatic carbocycles. The van der Waals surface area contributed by atoms with E-state index in [1.807, 2.05) is 0 Å². The van der Waals surface area contributed by atoms with E-state index in [0.717, 1.165) is 0 Å². The third-order valence-electron chi connectivity index (χ3n) is 12.2. The number of aliphatic imine (C=N–C) groups is 1. The van der Waals surface area contributed by atoms with Crippen molar-refractivity contribution in [2.24, 2.45) is 33.8 Å². The van der Waals surface area contributed by atoms with Gasteiger partial charge in [-0.25, -0.2) is 9.97 Å². The Kier molecular flexibility index (Phi) is 22.8. The first-order valence-electron chi connectivity index (χ1n) is 24.0. The van der Waals surface area contributed by atoms with Crippen molar-refractivity contribution in [1.82, 2.24) is 67.4 Å². The molecule has 0 aliphatic carbocycles. The van der Waals surface area contributed by atoms with Crippen molar-refractivity contribution >= 4 is 65.0 Å². The number of carbonyl (C=O) groups is 10. The van der Waals surface area contributed by atoms with Crippen molar-refractivity contribution in [2.75, 3.05) is 32.7 Å². The van der Waals surface area contributed by atoms with E-state index >= 15 is 0 Å². The van der Waals surface area contributed by atoms with Crippen molar-refractivity contribution in [3.8, 4) is 0 Å². The third-order valence-corrected chi connectivity index (χ3v) is 12.2. The van der Waals surface area contributed by atoms with Gasteiger partial charge < -0.3 is 80.3 Å². The van der Waals surface area contributed by atoms with Crippen LogP contribution in [-0.4, -0.2) is 165 Å². The highest BCUT2D eigenvalue weighted by molar-refractivity contribution is 5.98. The molecule has 10 amide bonds. The van der Waals surface area contributed by atoms with Gasteiger partial charge in [0.05, 0.1) is 25.7 Å². The molecule has 4 rings (SSSR count). The lowest BCUT2D eigenvalue weighted by molar-refractivity contribution is -0.143. The van der Waals surface area contributed by atoms with E-state index in [1.165, 1.54) is 29.9 Å². The molecule has 2 aromatic heterocycles. The summed E-state index contributed by atoms with van der Waals surface area (Å²) in [4.78, 5) is 156. The number of nitrogens with zero attached hydrogens (tertiary/aromatic N) is 4. The summed E-state index contributed by atoms with van der Waals surface area (Å²) in [6, 6.07) is -9.01. The lowest BCUT2D eigenvalue weighted by Gasteiger charge is -2.32. The van der Waals surface area contributed by atoms with Gasteiger partial charge in [-0.05, 0) is 63.8 Å². The van der Waals surface area contributed by atoms with Crippen LogP contribution in [0, 0.1) is 5.92 Å². The van der Waals surface area contributed by atoms with Crippen LogP contribution in [0.4, 0.5) is 0 Å². The predicted octanol–water partition coefficient (Wildman–Crippen LogP) is -5.44. The number of nitrogens with one attached hydrogen (secondary N) is 10.